The molecular formula is C30H32BrN3O5S. The van der Waals surface area contributed by atoms with Crippen LogP contribution in [0.1, 0.15) is 48.0 Å². The Bertz CT molecular complexity index is 1490. The monoisotopic (exact) mass is 625 g/mol. The number of sulfonamides is 1. The summed E-state index contributed by atoms with van der Waals surface area (Å²) >= 11 is 3.35. The van der Waals surface area contributed by atoms with Gasteiger partial charge in [-0.3, -0.25) is 9.59 Å². The van der Waals surface area contributed by atoms with E-state index in [9.17, 15) is 18.0 Å². The van der Waals surface area contributed by atoms with Gasteiger partial charge in [-0.2, -0.15) is 4.31 Å². The lowest BCUT2D eigenvalue weighted by Crippen LogP contribution is -2.45. The summed E-state index contributed by atoms with van der Waals surface area (Å²) in [6.45, 7) is 0.257. The van der Waals surface area contributed by atoms with Crippen LogP contribution in [0.3, 0.4) is 0 Å². The Hall–Kier alpha value is -3.21. The zero-order valence-electron chi connectivity index (χ0n) is 22.3. The van der Waals surface area contributed by atoms with Crippen LogP contribution >= 0.6 is 15.9 Å². The third-order valence-electron chi connectivity index (χ3n) is 7.55. The molecule has 2 aliphatic rings. The topological polar surface area (TPSA) is 96.0 Å². The van der Waals surface area contributed by atoms with Gasteiger partial charge < -0.3 is 15.0 Å². The zero-order valence-corrected chi connectivity index (χ0v) is 24.7. The molecule has 40 heavy (non-hydrogen) atoms. The molecule has 1 aliphatic heterocycles. The number of anilines is 2. The van der Waals surface area contributed by atoms with E-state index in [0.29, 0.717) is 30.0 Å². The van der Waals surface area contributed by atoms with Crippen LogP contribution < -0.4 is 15.0 Å². The van der Waals surface area contributed by atoms with Crippen LogP contribution in [0.5, 0.6) is 5.75 Å². The van der Waals surface area contributed by atoms with E-state index >= 15 is 0 Å². The van der Waals surface area contributed by atoms with E-state index < -0.39 is 15.9 Å². The maximum atomic E-state index is 13.7. The Morgan fingerprint density at radius 3 is 2.38 bits per heavy atom. The van der Waals surface area contributed by atoms with E-state index in [2.05, 4.69) is 21.2 Å². The van der Waals surface area contributed by atoms with Gasteiger partial charge in [0.15, 0.2) is 0 Å². The van der Waals surface area contributed by atoms with Gasteiger partial charge >= 0.3 is 0 Å². The summed E-state index contributed by atoms with van der Waals surface area (Å²) < 4.78 is 34.6. The molecule has 0 aromatic heterocycles. The van der Waals surface area contributed by atoms with Crippen molar-refractivity contribution in [3.63, 3.8) is 0 Å². The Balaban J connectivity index is 1.34. The maximum absolute atomic E-state index is 13.7. The number of amides is 2. The number of benzene rings is 3. The average Bonchev–Trinajstić information content (AvgIpc) is 3.39. The average molecular weight is 627 g/mol. The van der Waals surface area contributed by atoms with Crippen molar-refractivity contribution in [1.29, 1.82) is 0 Å². The SMILES string of the molecule is COc1ccc(C(=O)N2CCc3ccc(NC(=O)CN(C4CCCCC4)S(=O)(=O)c4ccc(Br)cc4)cc32)cc1. The first kappa shape index (κ1) is 28.3. The molecule has 1 aliphatic carbocycles. The van der Waals surface area contributed by atoms with Crippen molar-refractivity contribution in [3.8, 4) is 5.75 Å². The largest absolute Gasteiger partial charge is 0.497 e. The van der Waals surface area contributed by atoms with E-state index in [4.69, 9.17) is 4.74 Å². The molecule has 210 valence electrons. The number of nitrogens with one attached hydrogen (secondary N) is 1. The van der Waals surface area contributed by atoms with Gasteiger partial charge in [0.25, 0.3) is 5.91 Å². The highest BCUT2D eigenvalue weighted by Crippen LogP contribution is 2.33. The number of carbonyl (C=O) groups is 2. The van der Waals surface area contributed by atoms with Gasteiger partial charge in [-0.15, -0.1) is 0 Å². The van der Waals surface area contributed by atoms with Crippen LogP contribution in [0, 0.1) is 0 Å². The van der Waals surface area contributed by atoms with Crippen LogP contribution in [0.15, 0.2) is 76.1 Å². The minimum Gasteiger partial charge on any atom is -0.497 e. The van der Waals surface area contributed by atoms with Crippen molar-refractivity contribution >= 4 is 49.1 Å². The molecule has 5 rings (SSSR count). The molecule has 0 radical (unpaired) electrons. The fraction of sp³-hybridized carbons (Fsp3) is 0.333. The molecule has 1 fully saturated rings. The molecule has 8 nitrogen and oxygen atoms in total. The second-order valence-electron chi connectivity index (χ2n) is 10.1. The number of ether oxygens (including phenoxy) is 1. The van der Waals surface area contributed by atoms with E-state index in [0.717, 1.165) is 47.8 Å². The molecule has 1 N–H and O–H groups in total. The molecule has 2 amide bonds. The Morgan fingerprint density at radius 2 is 1.70 bits per heavy atom. The summed E-state index contributed by atoms with van der Waals surface area (Å²) in [7, 11) is -2.30. The van der Waals surface area contributed by atoms with Gasteiger partial charge in [-0.05, 0) is 85.5 Å². The Labute approximate surface area is 243 Å². The number of rotatable bonds is 8. The molecule has 0 unspecified atom stereocenters. The van der Waals surface area contributed by atoms with Crippen molar-refractivity contribution in [2.24, 2.45) is 0 Å². The molecule has 3 aromatic rings. The van der Waals surface area contributed by atoms with Gasteiger partial charge in [0.2, 0.25) is 15.9 Å². The Morgan fingerprint density at radius 1 is 1.00 bits per heavy atom. The van der Waals surface area contributed by atoms with Crippen molar-refractivity contribution in [2.45, 2.75) is 49.5 Å². The smallest absolute Gasteiger partial charge is 0.258 e. The summed E-state index contributed by atoms with van der Waals surface area (Å²) in [5.74, 6) is 0.124. The fourth-order valence-electron chi connectivity index (χ4n) is 5.42. The van der Waals surface area contributed by atoms with Crippen molar-refractivity contribution < 1.29 is 22.7 Å². The minimum atomic E-state index is -3.88. The van der Waals surface area contributed by atoms with Crippen LogP contribution in [0.4, 0.5) is 11.4 Å². The predicted octanol–water partition coefficient (Wildman–Crippen LogP) is 5.62. The first-order valence-corrected chi connectivity index (χ1v) is 15.7. The zero-order chi connectivity index (χ0) is 28.3. The standard InChI is InChI=1S/C30H32BrN3O5S/c1-39-26-13-8-22(9-14-26)30(36)33-18-17-21-7-12-24(19-28(21)33)32-29(35)20-34(25-5-3-2-4-6-25)40(37,38)27-15-10-23(31)11-16-27/h7-16,19,25H,2-6,17-18,20H2,1H3,(H,32,35). The highest BCUT2D eigenvalue weighted by Gasteiger charge is 2.34. The third kappa shape index (κ3) is 6.09. The molecule has 0 bridgehead atoms. The normalized spacial score (nSPS) is 15.6. The molecular weight excluding hydrogens is 594 g/mol. The molecule has 0 saturated heterocycles. The number of fused-ring (bicyclic) bond motifs is 1. The van der Waals surface area contributed by atoms with Crippen molar-refractivity contribution in [3.05, 3.63) is 82.3 Å². The first-order valence-electron chi connectivity index (χ1n) is 13.4. The van der Waals surface area contributed by atoms with Crippen LogP contribution in [-0.4, -0.2) is 50.8 Å². The summed E-state index contributed by atoms with van der Waals surface area (Å²) in [6.07, 6.45) is 5.10. The minimum absolute atomic E-state index is 0.131. The van der Waals surface area contributed by atoms with Gasteiger partial charge in [-0.1, -0.05) is 41.3 Å². The number of carbonyl (C=O) groups excluding carboxylic acids is 2. The number of halogens is 1. The molecule has 0 spiro atoms. The van der Waals surface area contributed by atoms with Gasteiger partial charge in [0, 0.05) is 34.0 Å². The maximum Gasteiger partial charge on any atom is 0.258 e. The van der Waals surface area contributed by atoms with Gasteiger partial charge in [0.1, 0.15) is 5.75 Å². The summed E-state index contributed by atoms with van der Waals surface area (Å²) in [6, 6.07) is 18.7. The molecule has 1 heterocycles. The lowest BCUT2D eigenvalue weighted by molar-refractivity contribution is -0.116. The van der Waals surface area contributed by atoms with E-state index in [-0.39, 0.29) is 23.4 Å². The second-order valence-corrected chi connectivity index (χ2v) is 12.9. The van der Waals surface area contributed by atoms with E-state index in [1.807, 2.05) is 6.07 Å². The van der Waals surface area contributed by atoms with Gasteiger partial charge in [-0.25, -0.2) is 8.42 Å². The molecule has 0 atom stereocenters. The quantitative estimate of drug-likeness (QED) is 0.350. The highest BCUT2D eigenvalue weighted by atomic mass is 79.9. The lowest BCUT2D eigenvalue weighted by Gasteiger charge is -2.33. The summed E-state index contributed by atoms with van der Waals surface area (Å²) in [5, 5.41) is 2.88. The van der Waals surface area contributed by atoms with E-state index in [1.54, 1.807) is 72.7 Å². The highest BCUT2D eigenvalue weighted by molar-refractivity contribution is 9.10. The van der Waals surface area contributed by atoms with Crippen LogP contribution in [-0.2, 0) is 21.2 Å². The third-order valence-corrected chi connectivity index (χ3v) is 9.99. The van der Waals surface area contributed by atoms with Crippen molar-refractivity contribution in [1.82, 2.24) is 4.31 Å². The van der Waals surface area contributed by atoms with Crippen LogP contribution in [0.25, 0.3) is 0 Å². The van der Waals surface area contributed by atoms with Crippen molar-refractivity contribution in [2.75, 3.05) is 30.4 Å². The first-order chi connectivity index (χ1) is 19.3. The van der Waals surface area contributed by atoms with Crippen LogP contribution in [0.2, 0.25) is 0 Å². The summed E-state index contributed by atoms with van der Waals surface area (Å²) in [4.78, 5) is 28.4. The number of nitrogens with zero attached hydrogens (tertiary/aromatic N) is 2. The second kappa shape index (κ2) is 12.1. The van der Waals surface area contributed by atoms with E-state index in [1.165, 1.54) is 4.31 Å². The fourth-order valence-corrected chi connectivity index (χ4v) is 7.33. The molecule has 1 saturated carbocycles. The lowest BCUT2D eigenvalue weighted by atomic mass is 9.95. The number of hydrogen-bond acceptors (Lipinski definition) is 5. The number of hydrogen-bond donors (Lipinski definition) is 1. The predicted molar refractivity (Wildman–Crippen MR) is 158 cm³/mol. The summed E-state index contributed by atoms with van der Waals surface area (Å²) in [5.41, 5.74) is 2.82. The number of methoxy groups -OCH3 is 1. The molecule has 3 aromatic carbocycles. The Kier molecular flexibility index (Phi) is 8.58. The van der Waals surface area contributed by atoms with Gasteiger partial charge in [0.05, 0.1) is 18.6 Å². The molecule has 10 heteroatoms.